The normalized spacial score (nSPS) is 20.6. The molecule has 1 aromatic carbocycles. The Morgan fingerprint density at radius 2 is 2.05 bits per heavy atom. The van der Waals surface area contributed by atoms with Gasteiger partial charge in [-0.3, -0.25) is 4.57 Å². The molecule has 0 bridgehead atoms. The van der Waals surface area contributed by atoms with Crippen molar-refractivity contribution in [2.24, 2.45) is 0 Å². The van der Waals surface area contributed by atoms with Crippen LogP contribution in [0.3, 0.4) is 0 Å². The van der Waals surface area contributed by atoms with Crippen LogP contribution in [0, 0.1) is 6.92 Å². The second-order valence-corrected chi connectivity index (χ2v) is 6.11. The zero-order valence-electron chi connectivity index (χ0n) is 12.7. The van der Waals surface area contributed by atoms with Crippen LogP contribution in [0.2, 0.25) is 0 Å². The van der Waals surface area contributed by atoms with Crippen molar-refractivity contribution in [3.63, 3.8) is 0 Å². The lowest BCUT2D eigenvalue weighted by molar-refractivity contribution is -0.147. The molecule has 1 aromatic heterocycles. The van der Waals surface area contributed by atoms with Gasteiger partial charge >= 0.3 is 11.7 Å². The van der Waals surface area contributed by atoms with Crippen molar-refractivity contribution in [3.05, 3.63) is 51.7 Å². The number of hydrogen-bond donors (Lipinski definition) is 1. The number of benzene rings is 1. The first-order valence-corrected chi connectivity index (χ1v) is 7.40. The Hall–Kier alpha value is -2.37. The molecule has 0 saturated heterocycles. The molecule has 0 spiro atoms. The highest BCUT2D eigenvalue weighted by atomic mass is 16.4. The second kappa shape index (κ2) is 5.12. The van der Waals surface area contributed by atoms with Gasteiger partial charge in [-0.1, -0.05) is 29.8 Å². The molecule has 0 fully saturated rings. The van der Waals surface area contributed by atoms with Gasteiger partial charge in [0.25, 0.3) is 0 Å². The van der Waals surface area contributed by atoms with Gasteiger partial charge in [0.15, 0.2) is 0 Å². The third-order valence-corrected chi connectivity index (χ3v) is 4.38. The molecule has 1 N–H and O–H groups in total. The number of carboxylic acids is 1. The molecule has 2 aromatic rings. The lowest BCUT2D eigenvalue weighted by atomic mass is 9.91. The predicted molar refractivity (Wildman–Crippen MR) is 81.0 cm³/mol. The minimum absolute atomic E-state index is 0.347. The van der Waals surface area contributed by atoms with Gasteiger partial charge in [-0.05, 0) is 32.3 Å². The van der Waals surface area contributed by atoms with Crippen LogP contribution < -0.4 is 5.69 Å². The predicted octanol–water partition coefficient (Wildman–Crippen LogP) is 1.54. The number of hydrogen-bond acceptors (Lipinski definition) is 3. The van der Waals surface area contributed by atoms with Crippen LogP contribution in [0.5, 0.6) is 0 Å². The minimum Gasteiger partial charge on any atom is -0.479 e. The number of rotatable bonds is 3. The highest BCUT2D eigenvalue weighted by molar-refractivity contribution is 5.76. The monoisotopic (exact) mass is 301 g/mol. The Kier molecular flexibility index (Phi) is 3.39. The van der Waals surface area contributed by atoms with E-state index in [1.54, 1.807) is 6.92 Å². The average molecular weight is 301 g/mol. The molecular weight excluding hydrogens is 282 g/mol. The van der Waals surface area contributed by atoms with Gasteiger partial charge in [-0.2, -0.15) is 5.10 Å². The van der Waals surface area contributed by atoms with E-state index in [2.05, 4.69) is 5.10 Å². The molecule has 22 heavy (non-hydrogen) atoms. The van der Waals surface area contributed by atoms with Gasteiger partial charge in [0.1, 0.15) is 11.4 Å². The molecule has 1 aliphatic rings. The number of aliphatic carboxylic acids is 1. The maximum absolute atomic E-state index is 12.6. The molecule has 1 atom stereocenters. The van der Waals surface area contributed by atoms with Crippen molar-refractivity contribution in [2.75, 3.05) is 0 Å². The van der Waals surface area contributed by atoms with Gasteiger partial charge in [0.2, 0.25) is 0 Å². The molecule has 0 amide bonds. The van der Waals surface area contributed by atoms with Gasteiger partial charge in [-0.15, -0.1) is 0 Å². The highest BCUT2D eigenvalue weighted by Crippen LogP contribution is 2.28. The van der Waals surface area contributed by atoms with Crippen molar-refractivity contribution in [3.8, 4) is 0 Å². The van der Waals surface area contributed by atoms with E-state index in [0.717, 1.165) is 17.5 Å². The zero-order chi connectivity index (χ0) is 15.9. The van der Waals surface area contributed by atoms with E-state index in [1.807, 2.05) is 31.2 Å². The third kappa shape index (κ3) is 2.24. The van der Waals surface area contributed by atoms with E-state index < -0.39 is 11.5 Å². The summed E-state index contributed by atoms with van der Waals surface area (Å²) in [6, 6.07) is 7.88. The fourth-order valence-corrected chi connectivity index (χ4v) is 2.98. The minimum atomic E-state index is -1.20. The number of aryl methyl sites for hydroxylation is 2. The molecule has 0 aliphatic carbocycles. The van der Waals surface area contributed by atoms with Gasteiger partial charge in [0.05, 0.1) is 6.54 Å². The van der Waals surface area contributed by atoms with Crippen molar-refractivity contribution in [1.29, 1.82) is 0 Å². The van der Waals surface area contributed by atoms with Crippen molar-refractivity contribution >= 4 is 5.97 Å². The highest BCUT2D eigenvalue weighted by Gasteiger charge is 2.41. The smallest absolute Gasteiger partial charge is 0.347 e. The average Bonchev–Trinajstić information content (AvgIpc) is 2.79. The Labute approximate surface area is 128 Å². The maximum Gasteiger partial charge on any atom is 0.347 e. The largest absolute Gasteiger partial charge is 0.479 e. The van der Waals surface area contributed by atoms with E-state index in [0.29, 0.717) is 25.2 Å². The number of carboxylic acid groups (broad SMARTS) is 1. The number of carbonyl (C=O) groups is 1. The Morgan fingerprint density at radius 3 is 2.68 bits per heavy atom. The van der Waals surface area contributed by atoms with Crippen LogP contribution in [-0.2, 0) is 23.3 Å². The standard InChI is InChI=1S/C16H19N3O3/c1-11-5-7-12(8-6-11)10-18-15(22)19-13(17-18)4-3-9-16(19,2)14(20)21/h5-8H,3-4,9-10H2,1-2H3,(H,20,21). The Balaban J connectivity index is 2.02. The Bertz CT molecular complexity index is 773. The Morgan fingerprint density at radius 1 is 1.36 bits per heavy atom. The number of nitrogens with zero attached hydrogens (tertiary/aromatic N) is 3. The quantitative estimate of drug-likeness (QED) is 0.933. The van der Waals surface area contributed by atoms with Crippen LogP contribution in [0.25, 0.3) is 0 Å². The SMILES string of the molecule is Cc1ccc(Cn2nc3n(c2=O)C(C)(C(=O)O)CCC3)cc1. The fourth-order valence-electron chi connectivity index (χ4n) is 2.98. The first-order chi connectivity index (χ1) is 10.4. The van der Waals surface area contributed by atoms with Crippen LogP contribution in [0.4, 0.5) is 0 Å². The van der Waals surface area contributed by atoms with Crippen LogP contribution >= 0.6 is 0 Å². The summed E-state index contributed by atoms with van der Waals surface area (Å²) < 4.78 is 2.72. The molecule has 6 heteroatoms. The third-order valence-electron chi connectivity index (χ3n) is 4.38. The first kappa shape index (κ1) is 14.6. The van der Waals surface area contributed by atoms with Crippen LogP contribution in [0.1, 0.15) is 36.7 Å². The summed E-state index contributed by atoms with van der Waals surface area (Å²) >= 11 is 0. The maximum atomic E-state index is 12.6. The van der Waals surface area contributed by atoms with Gasteiger partial charge in [0, 0.05) is 6.42 Å². The summed E-state index contributed by atoms with van der Waals surface area (Å²) in [4.78, 5) is 24.2. The van der Waals surface area contributed by atoms with E-state index in [9.17, 15) is 14.7 Å². The lowest BCUT2D eigenvalue weighted by Gasteiger charge is -2.30. The van der Waals surface area contributed by atoms with E-state index in [1.165, 1.54) is 9.25 Å². The van der Waals surface area contributed by atoms with E-state index in [4.69, 9.17) is 0 Å². The topological polar surface area (TPSA) is 77.1 Å². The summed E-state index contributed by atoms with van der Waals surface area (Å²) in [6.45, 7) is 3.95. The molecule has 6 nitrogen and oxygen atoms in total. The van der Waals surface area contributed by atoms with Crippen molar-refractivity contribution in [2.45, 2.75) is 45.2 Å². The molecule has 0 saturated carbocycles. The molecule has 0 radical (unpaired) electrons. The van der Waals surface area contributed by atoms with Crippen molar-refractivity contribution < 1.29 is 9.90 Å². The van der Waals surface area contributed by atoms with Gasteiger partial charge in [-0.25, -0.2) is 14.3 Å². The van der Waals surface area contributed by atoms with E-state index in [-0.39, 0.29) is 5.69 Å². The fraction of sp³-hybridized carbons (Fsp3) is 0.438. The lowest BCUT2D eigenvalue weighted by Crippen LogP contribution is -2.48. The van der Waals surface area contributed by atoms with Crippen LogP contribution in [0.15, 0.2) is 29.1 Å². The summed E-state index contributed by atoms with van der Waals surface area (Å²) in [7, 11) is 0. The molecule has 116 valence electrons. The van der Waals surface area contributed by atoms with Gasteiger partial charge < -0.3 is 5.11 Å². The number of fused-ring (bicyclic) bond motifs is 1. The summed E-state index contributed by atoms with van der Waals surface area (Å²) in [5, 5.41) is 13.9. The first-order valence-electron chi connectivity index (χ1n) is 7.40. The molecular formula is C16H19N3O3. The summed E-state index contributed by atoms with van der Waals surface area (Å²) in [5.41, 5.74) is 0.579. The summed E-state index contributed by atoms with van der Waals surface area (Å²) in [6.07, 6.45) is 1.81. The molecule has 1 aliphatic heterocycles. The molecule has 2 heterocycles. The molecule has 1 unspecified atom stereocenters. The second-order valence-electron chi connectivity index (χ2n) is 6.11. The van der Waals surface area contributed by atoms with E-state index >= 15 is 0 Å². The molecule has 3 rings (SSSR count). The van der Waals surface area contributed by atoms with Crippen molar-refractivity contribution in [1.82, 2.24) is 14.3 Å². The summed E-state index contributed by atoms with van der Waals surface area (Å²) in [5.74, 6) is -0.418. The number of aromatic nitrogens is 3. The van der Waals surface area contributed by atoms with Crippen LogP contribution in [-0.4, -0.2) is 25.4 Å². The zero-order valence-corrected chi connectivity index (χ0v) is 12.7.